The van der Waals surface area contributed by atoms with Crippen molar-refractivity contribution >= 4 is 22.5 Å². The molecule has 2 aliphatic carbocycles. The average Bonchev–Trinajstić information content (AvgIpc) is 3.11. The van der Waals surface area contributed by atoms with Gasteiger partial charge >= 0.3 is 0 Å². The summed E-state index contributed by atoms with van der Waals surface area (Å²) in [6.45, 7) is 3.07. The SMILES string of the molecule is CC1CCC(CNC(=O)CCC(=O)c2ccc3c4c(cccc24)CC3)CC1. The zero-order chi connectivity index (χ0) is 18.8. The molecule has 0 radical (unpaired) electrons. The van der Waals surface area contributed by atoms with Crippen LogP contribution < -0.4 is 5.32 Å². The monoisotopic (exact) mass is 363 g/mol. The standard InChI is InChI=1S/C24H29NO2/c1-16-5-7-17(8-6-16)15-25-23(27)14-13-22(26)20-12-11-19-10-9-18-3-2-4-21(20)24(18)19/h2-4,11-12,16-17H,5-10,13-15H2,1H3,(H,25,27). The van der Waals surface area contributed by atoms with E-state index in [1.54, 1.807) is 0 Å². The maximum Gasteiger partial charge on any atom is 0.220 e. The molecule has 2 aromatic carbocycles. The van der Waals surface area contributed by atoms with Crippen molar-refractivity contribution < 1.29 is 9.59 Å². The minimum Gasteiger partial charge on any atom is -0.356 e. The van der Waals surface area contributed by atoms with Gasteiger partial charge in [0.05, 0.1) is 0 Å². The van der Waals surface area contributed by atoms with Crippen molar-refractivity contribution in [1.82, 2.24) is 5.32 Å². The molecule has 27 heavy (non-hydrogen) atoms. The fourth-order valence-electron chi connectivity index (χ4n) is 4.73. The van der Waals surface area contributed by atoms with Gasteiger partial charge in [0.2, 0.25) is 5.91 Å². The first kappa shape index (κ1) is 18.2. The Morgan fingerprint density at radius 2 is 1.70 bits per heavy atom. The van der Waals surface area contributed by atoms with E-state index in [1.807, 2.05) is 18.2 Å². The van der Waals surface area contributed by atoms with Crippen LogP contribution in [-0.4, -0.2) is 18.2 Å². The molecule has 0 unspecified atom stereocenters. The van der Waals surface area contributed by atoms with Gasteiger partial charge in [-0.25, -0.2) is 0 Å². The lowest BCUT2D eigenvalue weighted by Crippen LogP contribution is -2.31. The van der Waals surface area contributed by atoms with Crippen LogP contribution in [0.4, 0.5) is 0 Å². The van der Waals surface area contributed by atoms with Crippen molar-refractivity contribution in [1.29, 1.82) is 0 Å². The number of carbonyl (C=O) groups is 2. The highest BCUT2D eigenvalue weighted by molar-refractivity contribution is 6.10. The first-order chi connectivity index (χ1) is 13.1. The van der Waals surface area contributed by atoms with E-state index < -0.39 is 0 Å². The van der Waals surface area contributed by atoms with Crippen molar-refractivity contribution in [2.45, 2.75) is 58.3 Å². The topological polar surface area (TPSA) is 46.2 Å². The minimum atomic E-state index is 0.00732. The third-order valence-corrected chi connectivity index (χ3v) is 6.48. The maximum atomic E-state index is 12.8. The molecule has 3 heteroatoms. The summed E-state index contributed by atoms with van der Waals surface area (Å²) in [6.07, 6.45) is 7.65. The fraction of sp³-hybridized carbons (Fsp3) is 0.500. The first-order valence-electron chi connectivity index (χ1n) is 10.4. The third kappa shape index (κ3) is 3.92. The zero-order valence-corrected chi connectivity index (χ0v) is 16.2. The Kier molecular flexibility index (Phi) is 5.29. The number of amides is 1. The number of benzene rings is 2. The third-order valence-electron chi connectivity index (χ3n) is 6.48. The quantitative estimate of drug-likeness (QED) is 0.746. The zero-order valence-electron chi connectivity index (χ0n) is 16.2. The molecule has 0 aromatic heterocycles. The van der Waals surface area contributed by atoms with Crippen molar-refractivity contribution in [3.8, 4) is 0 Å². The maximum absolute atomic E-state index is 12.8. The Morgan fingerprint density at radius 3 is 2.48 bits per heavy atom. The molecule has 0 atom stereocenters. The number of ketones is 1. The Bertz CT molecular complexity index is 852. The number of rotatable bonds is 6. The van der Waals surface area contributed by atoms with Gasteiger partial charge in [0.25, 0.3) is 0 Å². The summed E-state index contributed by atoms with van der Waals surface area (Å²) in [5.41, 5.74) is 3.46. The van der Waals surface area contributed by atoms with Crippen molar-refractivity contribution in [2.24, 2.45) is 11.8 Å². The average molecular weight is 364 g/mol. The molecule has 2 aromatic rings. The highest BCUT2D eigenvalue weighted by Crippen LogP contribution is 2.33. The van der Waals surface area contributed by atoms with Gasteiger partial charge in [-0.05, 0) is 59.4 Å². The summed E-state index contributed by atoms with van der Waals surface area (Å²) in [5, 5.41) is 5.37. The predicted molar refractivity (Wildman–Crippen MR) is 109 cm³/mol. The molecule has 4 rings (SSSR count). The van der Waals surface area contributed by atoms with E-state index in [4.69, 9.17) is 0 Å². The summed E-state index contributed by atoms with van der Waals surface area (Å²) in [4.78, 5) is 25.0. The van der Waals surface area contributed by atoms with Crippen molar-refractivity contribution in [3.63, 3.8) is 0 Å². The summed E-state index contributed by atoms with van der Waals surface area (Å²) < 4.78 is 0. The Balaban J connectivity index is 1.33. The second-order valence-electron chi connectivity index (χ2n) is 8.47. The molecule has 0 saturated heterocycles. The van der Waals surface area contributed by atoms with E-state index >= 15 is 0 Å². The molecule has 2 aliphatic rings. The van der Waals surface area contributed by atoms with E-state index in [0.717, 1.165) is 36.3 Å². The van der Waals surface area contributed by atoms with Gasteiger partial charge in [0, 0.05) is 24.9 Å². The van der Waals surface area contributed by atoms with Crippen LogP contribution in [0, 0.1) is 11.8 Å². The van der Waals surface area contributed by atoms with Gasteiger partial charge < -0.3 is 5.32 Å². The van der Waals surface area contributed by atoms with Gasteiger partial charge in [-0.3, -0.25) is 9.59 Å². The highest BCUT2D eigenvalue weighted by atomic mass is 16.2. The second-order valence-corrected chi connectivity index (χ2v) is 8.47. The lowest BCUT2D eigenvalue weighted by molar-refractivity contribution is -0.121. The van der Waals surface area contributed by atoms with Crippen LogP contribution in [0.15, 0.2) is 30.3 Å². The lowest BCUT2D eigenvalue weighted by atomic mass is 9.83. The molecule has 3 nitrogen and oxygen atoms in total. The molecule has 0 heterocycles. The Morgan fingerprint density at radius 1 is 0.963 bits per heavy atom. The molecule has 0 bridgehead atoms. The number of carbonyl (C=O) groups excluding carboxylic acids is 2. The van der Waals surface area contributed by atoms with Crippen LogP contribution in [0.3, 0.4) is 0 Å². The van der Waals surface area contributed by atoms with Crippen LogP contribution in [-0.2, 0) is 17.6 Å². The van der Waals surface area contributed by atoms with Crippen LogP contribution in [0.5, 0.6) is 0 Å². The van der Waals surface area contributed by atoms with Crippen LogP contribution in [0.1, 0.15) is 66.9 Å². The number of nitrogens with one attached hydrogen (secondary N) is 1. The van der Waals surface area contributed by atoms with E-state index in [-0.39, 0.29) is 24.5 Å². The van der Waals surface area contributed by atoms with Crippen LogP contribution in [0.2, 0.25) is 0 Å². The molecular weight excluding hydrogens is 334 g/mol. The van der Waals surface area contributed by atoms with Gasteiger partial charge in [-0.2, -0.15) is 0 Å². The molecular formula is C24H29NO2. The molecule has 1 saturated carbocycles. The number of hydrogen-bond donors (Lipinski definition) is 1. The van der Waals surface area contributed by atoms with Gasteiger partial charge in [0.15, 0.2) is 5.78 Å². The van der Waals surface area contributed by atoms with E-state index in [2.05, 4.69) is 24.4 Å². The molecule has 142 valence electrons. The van der Waals surface area contributed by atoms with Gasteiger partial charge in [-0.15, -0.1) is 0 Å². The minimum absolute atomic E-state index is 0.00732. The van der Waals surface area contributed by atoms with E-state index in [0.29, 0.717) is 5.92 Å². The Labute approximate surface area is 161 Å². The second kappa shape index (κ2) is 7.84. The molecule has 1 N–H and O–H groups in total. The number of Topliss-reactive ketones (excluding diaryl/α,β-unsaturated/α-hetero) is 1. The number of hydrogen-bond acceptors (Lipinski definition) is 2. The van der Waals surface area contributed by atoms with Crippen molar-refractivity contribution in [3.05, 3.63) is 47.0 Å². The summed E-state index contributed by atoms with van der Waals surface area (Å²) in [7, 11) is 0. The first-order valence-corrected chi connectivity index (χ1v) is 10.4. The molecule has 1 amide bonds. The number of aryl methyl sites for hydroxylation is 2. The van der Waals surface area contributed by atoms with Crippen LogP contribution >= 0.6 is 0 Å². The van der Waals surface area contributed by atoms with E-state index in [9.17, 15) is 9.59 Å². The van der Waals surface area contributed by atoms with Gasteiger partial charge in [-0.1, -0.05) is 50.1 Å². The highest BCUT2D eigenvalue weighted by Gasteiger charge is 2.20. The molecule has 0 spiro atoms. The van der Waals surface area contributed by atoms with E-state index in [1.165, 1.54) is 42.2 Å². The lowest BCUT2D eigenvalue weighted by Gasteiger charge is -2.26. The molecule has 1 fully saturated rings. The Hall–Kier alpha value is -2.16. The summed E-state index contributed by atoms with van der Waals surface area (Å²) in [5.74, 6) is 1.52. The summed E-state index contributed by atoms with van der Waals surface area (Å²) >= 11 is 0. The molecule has 0 aliphatic heterocycles. The predicted octanol–water partition coefficient (Wildman–Crippen LogP) is 4.84. The summed E-state index contributed by atoms with van der Waals surface area (Å²) in [6, 6.07) is 10.3. The van der Waals surface area contributed by atoms with Gasteiger partial charge in [0.1, 0.15) is 0 Å². The van der Waals surface area contributed by atoms with Crippen molar-refractivity contribution in [2.75, 3.05) is 6.54 Å². The normalized spacial score (nSPS) is 21.4. The largest absolute Gasteiger partial charge is 0.356 e. The smallest absolute Gasteiger partial charge is 0.220 e. The fourth-order valence-corrected chi connectivity index (χ4v) is 4.73. The van der Waals surface area contributed by atoms with Crippen LogP contribution in [0.25, 0.3) is 10.8 Å².